The van der Waals surface area contributed by atoms with E-state index in [-0.39, 0.29) is 18.9 Å². The third-order valence-corrected chi connectivity index (χ3v) is 12.4. The van der Waals surface area contributed by atoms with Gasteiger partial charge < -0.3 is 65.1 Å². The molecule has 0 aromatic heterocycles. The maximum absolute atomic E-state index is 13.2. The Morgan fingerprint density at radius 2 is 0.972 bits per heavy atom. The number of nitrogens with one attached hydrogen (secondary N) is 1. The molecule has 0 aliphatic carbocycles. The normalized spacial score (nSPS) is 26.5. The van der Waals surface area contributed by atoms with E-state index in [1.54, 1.807) is 6.08 Å². The van der Waals surface area contributed by atoms with Crippen LogP contribution in [-0.4, -0.2) is 140 Å². The summed E-state index contributed by atoms with van der Waals surface area (Å²) in [6, 6.07) is -0.956. The summed E-state index contributed by atoms with van der Waals surface area (Å²) < 4.78 is 22.7. The molecule has 14 heteroatoms. The maximum Gasteiger partial charge on any atom is 0.220 e. The van der Waals surface area contributed by atoms with E-state index in [4.69, 9.17) is 18.9 Å². The van der Waals surface area contributed by atoms with Gasteiger partial charge in [-0.1, -0.05) is 168 Å². The van der Waals surface area contributed by atoms with Crippen LogP contribution in [0.1, 0.15) is 155 Å². The van der Waals surface area contributed by atoms with Gasteiger partial charge >= 0.3 is 0 Å². The van der Waals surface area contributed by atoms with E-state index < -0.39 is 86.8 Å². The Labute approximate surface area is 432 Å². The molecule has 0 aromatic rings. The van der Waals surface area contributed by atoms with Gasteiger partial charge in [-0.15, -0.1) is 0 Å². The topological polar surface area (TPSA) is 228 Å². The summed E-state index contributed by atoms with van der Waals surface area (Å²) in [7, 11) is 0. The monoisotopic (exact) mass is 1010 g/mol. The van der Waals surface area contributed by atoms with E-state index >= 15 is 0 Å². The van der Waals surface area contributed by atoms with Gasteiger partial charge in [0.05, 0.1) is 32.0 Å². The van der Waals surface area contributed by atoms with Gasteiger partial charge in [-0.05, 0) is 89.9 Å². The third kappa shape index (κ3) is 28.9. The van der Waals surface area contributed by atoms with Gasteiger partial charge in [-0.2, -0.15) is 0 Å². The minimum atomic E-state index is -1.80. The lowest BCUT2D eigenvalue weighted by atomic mass is 9.97. The first-order chi connectivity index (χ1) is 35.1. The third-order valence-electron chi connectivity index (χ3n) is 12.4. The molecule has 1 amide bonds. The SMILES string of the molecule is CC/C=C\C/C=C\C/C=C\C/C=C\C/C=C\C/C=C\C/C=C\CCCCCC(=O)NC(COC1OC(CO)C(OC2OC(CO)C(O)C(O)C2O)C(O)C1O)C(O)/C=C/CC/C=C/CCCCCCCCC. The molecule has 2 heterocycles. The van der Waals surface area contributed by atoms with Crippen molar-refractivity contribution >= 4 is 5.91 Å². The second kappa shape index (κ2) is 42.9. The van der Waals surface area contributed by atoms with E-state index in [9.17, 15) is 45.6 Å². The van der Waals surface area contributed by atoms with Crippen LogP contribution in [0.3, 0.4) is 0 Å². The van der Waals surface area contributed by atoms with Crippen LogP contribution in [0.4, 0.5) is 0 Å². The summed E-state index contributed by atoms with van der Waals surface area (Å²) in [6.07, 6.45) is 42.7. The van der Waals surface area contributed by atoms with E-state index in [0.717, 1.165) is 77.0 Å². The number of aliphatic hydroxyl groups is 8. The lowest BCUT2D eigenvalue weighted by molar-refractivity contribution is -0.359. The number of hydrogen-bond acceptors (Lipinski definition) is 13. The lowest BCUT2D eigenvalue weighted by Gasteiger charge is -2.46. The number of hydrogen-bond donors (Lipinski definition) is 9. The fourth-order valence-electron chi connectivity index (χ4n) is 8.05. The van der Waals surface area contributed by atoms with Crippen molar-refractivity contribution in [3.05, 3.63) is 109 Å². The van der Waals surface area contributed by atoms with Crippen LogP contribution >= 0.6 is 0 Å². The fourth-order valence-corrected chi connectivity index (χ4v) is 8.05. The number of amides is 1. The van der Waals surface area contributed by atoms with Crippen LogP contribution in [0.25, 0.3) is 0 Å². The average Bonchev–Trinajstić information content (AvgIpc) is 3.38. The van der Waals surface area contributed by atoms with Gasteiger partial charge in [0, 0.05) is 6.42 Å². The average molecular weight is 1010 g/mol. The van der Waals surface area contributed by atoms with Gasteiger partial charge in [0.25, 0.3) is 0 Å². The number of rotatable bonds is 40. The van der Waals surface area contributed by atoms with E-state index in [2.05, 4.69) is 116 Å². The first kappa shape index (κ1) is 64.8. The molecular formula is C58H95NO13. The van der Waals surface area contributed by atoms with Crippen LogP contribution < -0.4 is 5.32 Å². The molecule has 0 aromatic carbocycles. The van der Waals surface area contributed by atoms with Gasteiger partial charge in [0.2, 0.25) is 5.91 Å². The van der Waals surface area contributed by atoms with Crippen molar-refractivity contribution in [2.24, 2.45) is 0 Å². The van der Waals surface area contributed by atoms with Crippen LogP contribution in [0.15, 0.2) is 109 Å². The number of ether oxygens (including phenoxy) is 4. The zero-order chi connectivity index (χ0) is 52.4. The highest BCUT2D eigenvalue weighted by atomic mass is 16.7. The predicted molar refractivity (Wildman–Crippen MR) is 285 cm³/mol. The summed E-state index contributed by atoms with van der Waals surface area (Å²) >= 11 is 0. The van der Waals surface area contributed by atoms with Crippen molar-refractivity contribution in [2.75, 3.05) is 19.8 Å². The molecule has 2 aliphatic heterocycles. The molecule has 0 bridgehead atoms. The molecule has 12 unspecified atom stereocenters. The van der Waals surface area contributed by atoms with E-state index in [1.165, 1.54) is 44.9 Å². The van der Waals surface area contributed by atoms with E-state index in [0.29, 0.717) is 12.8 Å². The Bertz CT molecular complexity index is 1620. The fraction of sp³-hybridized carbons (Fsp3) is 0.672. The van der Waals surface area contributed by atoms with Crippen LogP contribution in [0.2, 0.25) is 0 Å². The molecule has 12 atom stereocenters. The van der Waals surface area contributed by atoms with Gasteiger partial charge in [0.15, 0.2) is 12.6 Å². The number of carbonyl (C=O) groups excluding carboxylic acids is 1. The Kier molecular flexibility index (Phi) is 38.6. The molecule has 14 nitrogen and oxygen atoms in total. The van der Waals surface area contributed by atoms with Gasteiger partial charge in [0.1, 0.15) is 48.8 Å². The van der Waals surface area contributed by atoms with Crippen molar-refractivity contribution in [2.45, 2.75) is 229 Å². The highest BCUT2D eigenvalue weighted by Gasteiger charge is 2.51. The van der Waals surface area contributed by atoms with Crippen molar-refractivity contribution < 1.29 is 64.6 Å². The predicted octanol–water partition coefficient (Wildman–Crippen LogP) is 8.10. The quantitative estimate of drug-likeness (QED) is 0.0209. The van der Waals surface area contributed by atoms with Crippen molar-refractivity contribution in [3.63, 3.8) is 0 Å². The number of carbonyl (C=O) groups is 1. The Morgan fingerprint density at radius 1 is 0.514 bits per heavy atom. The number of aliphatic hydroxyl groups excluding tert-OH is 8. The molecule has 2 saturated heterocycles. The molecule has 0 radical (unpaired) electrons. The number of allylic oxidation sites excluding steroid dienone is 17. The minimum absolute atomic E-state index is 0.226. The Balaban J connectivity index is 1.82. The molecule has 0 spiro atoms. The van der Waals surface area contributed by atoms with Gasteiger partial charge in [-0.3, -0.25) is 4.79 Å². The summed E-state index contributed by atoms with van der Waals surface area (Å²) in [5.74, 6) is -0.288. The standard InChI is InChI=1S/C58H95NO13/c1-3-5-7-9-11-13-15-17-18-19-20-21-22-23-24-25-26-27-28-30-32-34-36-38-40-42-50(63)59-46(47(62)41-39-37-35-33-31-29-16-14-12-10-8-6-4-2)45-69-57-55(68)53(66)56(49(44-61)71-57)72-58-54(67)52(65)51(64)48(43-60)70-58/h5,7,11,13,17-18,20-21,23-24,26-27,30-33,39,41,46-49,51-58,60-62,64-68H,3-4,6,8-10,12,14-16,19,22,25,28-29,34-38,40,42-45H2,1-2H3,(H,59,63)/b7-5-,13-11-,18-17-,21-20-,24-23-,27-26-,32-30-,33-31+,41-39+. The molecule has 9 N–H and O–H groups in total. The lowest BCUT2D eigenvalue weighted by Crippen LogP contribution is -2.65. The first-order valence-corrected chi connectivity index (χ1v) is 27.1. The van der Waals surface area contributed by atoms with E-state index in [1.807, 2.05) is 6.08 Å². The highest BCUT2D eigenvalue weighted by Crippen LogP contribution is 2.30. The summed E-state index contributed by atoms with van der Waals surface area (Å²) in [5.41, 5.74) is 0. The molecule has 72 heavy (non-hydrogen) atoms. The molecule has 2 fully saturated rings. The van der Waals surface area contributed by atoms with Crippen LogP contribution in [-0.2, 0) is 23.7 Å². The van der Waals surface area contributed by atoms with Gasteiger partial charge in [-0.25, -0.2) is 0 Å². The largest absolute Gasteiger partial charge is 0.394 e. The smallest absolute Gasteiger partial charge is 0.220 e. The Hall–Kier alpha value is -3.35. The summed E-state index contributed by atoms with van der Waals surface area (Å²) in [4.78, 5) is 13.2. The van der Waals surface area contributed by atoms with Crippen molar-refractivity contribution in [1.29, 1.82) is 0 Å². The zero-order valence-corrected chi connectivity index (χ0v) is 43.6. The minimum Gasteiger partial charge on any atom is -0.394 e. The van der Waals surface area contributed by atoms with Crippen LogP contribution in [0, 0.1) is 0 Å². The molecule has 410 valence electrons. The Morgan fingerprint density at radius 3 is 1.53 bits per heavy atom. The second-order valence-electron chi connectivity index (χ2n) is 18.6. The van der Waals surface area contributed by atoms with Crippen molar-refractivity contribution in [1.82, 2.24) is 5.32 Å². The molecular weight excluding hydrogens is 919 g/mol. The molecule has 2 aliphatic rings. The zero-order valence-electron chi connectivity index (χ0n) is 43.6. The molecule has 0 saturated carbocycles. The summed E-state index contributed by atoms with van der Waals surface area (Å²) in [5, 5.41) is 86.8. The highest BCUT2D eigenvalue weighted by molar-refractivity contribution is 5.76. The second-order valence-corrected chi connectivity index (χ2v) is 18.6. The molecule has 2 rings (SSSR count). The first-order valence-electron chi connectivity index (χ1n) is 27.1. The maximum atomic E-state index is 13.2. The van der Waals surface area contributed by atoms with Crippen LogP contribution in [0.5, 0.6) is 0 Å². The number of unbranched alkanes of at least 4 members (excludes halogenated alkanes) is 11. The summed E-state index contributed by atoms with van der Waals surface area (Å²) in [6.45, 7) is 2.59. The van der Waals surface area contributed by atoms with Crippen molar-refractivity contribution in [3.8, 4) is 0 Å².